The topological polar surface area (TPSA) is 46.0 Å². The number of aromatic nitrogens is 4. The summed E-state index contributed by atoms with van der Waals surface area (Å²) in [5.74, 6) is 0. The van der Waals surface area contributed by atoms with Crippen LogP contribution in [0.15, 0.2) is 42.9 Å². The molecule has 0 saturated carbocycles. The Kier molecular flexibility index (Phi) is 1.41. The zero-order valence-electron chi connectivity index (χ0n) is 7.38. The summed E-state index contributed by atoms with van der Waals surface area (Å²) in [6.45, 7) is 0. The van der Waals surface area contributed by atoms with E-state index in [1.54, 1.807) is 6.20 Å². The smallest absolute Gasteiger partial charge is 0.0755 e. The molecule has 4 heteroatoms. The van der Waals surface area contributed by atoms with Gasteiger partial charge < -0.3 is 0 Å². The number of H-pyrrole nitrogens is 1. The summed E-state index contributed by atoms with van der Waals surface area (Å²) >= 11 is 0. The van der Waals surface area contributed by atoms with E-state index >= 15 is 0 Å². The number of pyridine rings is 1. The first-order valence-corrected chi connectivity index (χ1v) is 4.37. The fourth-order valence-electron chi connectivity index (χ4n) is 1.55. The van der Waals surface area contributed by atoms with Gasteiger partial charge >= 0.3 is 0 Å². The molecule has 3 heterocycles. The van der Waals surface area contributed by atoms with Crippen LogP contribution in [0.5, 0.6) is 0 Å². The third-order valence-corrected chi connectivity index (χ3v) is 2.22. The lowest BCUT2D eigenvalue weighted by molar-refractivity contribution is 0.961. The van der Waals surface area contributed by atoms with Crippen LogP contribution in [0.4, 0.5) is 0 Å². The van der Waals surface area contributed by atoms with Crippen LogP contribution in [0.3, 0.4) is 0 Å². The number of nitrogens with zero attached hydrogens (tertiary/aromatic N) is 3. The Morgan fingerprint density at radius 1 is 1.21 bits per heavy atom. The van der Waals surface area contributed by atoms with Crippen molar-refractivity contribution in [1.82, 2.24) is 19.8 Å². The normalized spacial score (nSPS) is 10.9. The van der Waals surface area contributed by atoms with Crippen LogP contribution in [0.1, 0.15) is 0 Å². The minimum Gasteiger partial charge on any atom is -0.278 e. The van der Waals surface area contributed by atoms with Crippen molar-refractivity contribution in [1.29, 1.82) is 0 Å². The molecule has 3 rings (SSSR count). The highest BCUT2D eigenvalue weighted by molar-refractivity contribution is 5.77. The molecule has 0 fully saturated rings. The molecule has 3 aromatic heterocycles. The number of hydrogen-bond donors (Lipinski definition) is 1. The molecule has 0 atom stereocenters. The van der Waals surface area contributed by atoms with E-state index in [2.05, 4.69) is 15.3 Å². The predicted molar refractivity (Wildman–Crippen MR) is 52.8 cm³/mol. The number of nitrogens with one attached hydrogen (secondary N) is 1. The monoisotopic (exact) mass is 184 g/mol. The van der Waals surface area contributed by atoms with Gasteiger partial charge in [0.1, 0.15) is 0 Å². The second kappa shape index (κ2) is 2.70. The molecular formula is C10H8N4. The molecule has 0 aliphatic rings. The molecule has 0 saturated heterocycles. The molecule has 0 unspecified atom stereocenters. The molecule has 14 heavy (non-hydrogen) atoms. The van der Waals surface area contributed by atoms with E-state index in [-0.39, 0.29) is 0 Å². The summed E-state index contributed by atoms with van der Waals surface area (Å²) < 4.78 is 1.84. The maximum absolute atomic E-state index is 4.24. The second-order valence-corrected chi connectivity index (χ2v) is 3.06. The van der Waals surface area contributed by atoms with Crippen LogP contribution >= 0.6 is 0 Å². The van der Waals surface area contributed by atoms with Gasteiger partial charge in [0.2, 0.25) is 0 Å². The first-order valence-electron chi connectivity index (χ1n) is 4.37. The number of fused-ring (bicyclic) bond motifs is 1. The van der Waals surface area contributed by atoms with Gasteiger partial charge in [-0.3, -0.25) is 5.10 Å². The van der Waals surface area contributed by atoms with Gasteiger partial charge in [-0.2, -0.15) is 10.2 Å². The van der Waals surface area contributed by atoms with Crippen molar-refractivity contribution in [3.8, 4) is 11.3 Å². The third-order valence-electron chi connectivity index (χ3n) is 2.22. The Hall–Kier alpha value is -2.10. The Morgan fingerprint density at radius 2 is 2.21 bits per heavy atom. The summed E-state index contributed by atoms with van der Waals surface area (Å²) in [5, 5.41) is 11.1. The lowest BCUT2D eigenvalue weighted by Crippen LogP contribution is -1.83. The summed E-state index contributed by atoms with van der Waals surface area (Å²) in [6, 6.07) is 7.92. The fraction of sp³-hybridized carbons (Fsp3) is 0. The molecule has 0 bridgehead atoms. The molecule has 1 N–H and O–H groups in total. The van der Waals surface area contributed by atoms with Crippen molar-refractivity contribution in [3.63, 3.8) is 0 Å². The molecule has 0 radical (unpaired) electrons. The van der Waals surface area contributed by atoms with Crippen molar-refractivity contribution >= 4 is 5.52 Å². The molecule has 0 aliphatic carbocycles. The molecular weight excluding hydrogens is 176 g/mol. The zero-order chi connectivity index (χ0) is 9.38. The fourth-order valence-corrected chi connectivity index (χ4v) is 1.55. The maximum Gasteiger partial charge on any atom is 0.0755 e. The van der Waals surface area contributed by atoms with E-state index in [1.165, 1.54) is 0 Å². The average Bonchev–Trinajstić information content (AvgIpc) is 2.85. The quantitative estimate of drug-likeness (QED) is 0.626. The average molecular weight is 184 g/mol. The van der Waals surface area contributed by atoms with Gasteiger partial charge in [0.15, 0.2) is 0 Å². The highest BCUT2D eigenvalue weighted by Gasteiger charge is 2.05. The predicted octanol–water partition coefficient (Wildman–Crippen LogP) is 1.72. The summed E-state index contributed by atoms with van der Waals surface area (Å²) in [7, 11) is 0. The van der Waals surface area contributed by atoms with Crippen molar-refractivity contribution < 1.29 is 0 Å². The Bertz CT molecular complexity index is 550. The molecule has 3 aromatic rings. The second-order valence-electron chi connectivity index (χ2n) is 3.06. The molecule has 0 amide bonds. The van der Waals surface area contributed by atoms with Gasteiger partial charge in [0.05, 0.1) is 17.4 Å². The molecule has 0 aromatic carbocycles. The van der Waals surface area contributed by atoms with Crippen LogP contribution in [0.25, 0.3) is 16.8 Å². The van der Waals surface area contributed by atoms with E-state index in [1.807, 2.05) is 41.2 Å². The minimum atomic E-state index is 0.992. The molecule has 0 aliphatic heterocycles. The van der Waals surface area contributed by atoms with Crippen LogP contribution in [0, 0.1) is 0 Å². The summed E-state index contributed by atoms with van der Waals surface area (Å²) in [4.78, 5) is 0. The number of aromatic amines is 1. The van der Waals surface area contributed by atoms with Crippen LogP contribution < -0.4 is 0 Å². The summed E-state index contributed by atoms with van der Waals surface area (Å²) in [5.41, 5.74) is 3.14. The van der Waals surface area contributed by atoms with Crippen molar-refractivity contribution in [2.75, 3.05) is 0 Å². The van der Waals surface area contributed by atoms with E-state index in [0.29, 0.717) is 0 Å². The lowest BCUT2D eigenvalue weighted by atomic mass is 10.2. The first-order chi connectivity index (χ1) is 6.95. The Labute approximate surface area is 80.2 Å². The molecule has 4 nitrogen and oxygen atoms in total. The van der Waals surface area contributed by atoms with E-state index < -0.39 is 0 Å². The van der Waals surface area contributed by atoms with Gasteiger partial charge in [0.25, 0.3) is 0 Å². The molecule has 68 valence electrons. The van der Waals surface area contributed by atoms with Crippen LogP contribution in [-0.4, -0.2) is 19.8 Å². The SMILES string of the molecule is c1ccn2ncc(-c3ccn[nH]3)c2c1. The highest BCUT2D eigenvalue weighted by atomic mass is 15.2. The van der Waals surface area contributed by atoms with E-state index in [9.17, 15) is 0 Å². The van der Waals surface area contributed by atoms with Gasteiger partial charge in [-0.05, 0) is 18.2 Å². The van der Waals surface area contributed by atoms with Gasteiger partial charge in [-0.1, -0.05) is 6.07 Å². The summed E-state index contributed by atoms with van der Waals surface area (Å²) in [6.07, 6.45) is 5.50. The maximum atomic E-state index is 4.24. The minimum absolute atomic E-state index is 0.992. The van der Waals surface area contributed by atoms with E-state index in [0.717, 1.165) is 16.8 Å². The number of rotatable bonds is 1. The van der Waals surface area contributed by atoms with Crippen LogP contribution in [-0.2, 0) is 0 Å². The Balaban J connectivity index is 2.33. The van der Waals surface area contributed by atoms with Crippen molar-refractivity contribution in [2.45, 2.75) is 0 Å². The van der Waals surface area contributed by atoms with Crippen molar-refractivity contribution in [2.24, 2.45) is 0 Å². The van der Waals surface area contributed by atoms with Gasteiger partial charge in [-0.25, -0.2) is 4.52 Å². The Morgan fingerprint density at radius 3 is 3.07 bits per heavy atom. The third kappa shape index (κ3) is 0.939. The number of hydrogen-bond acceptors (Lipinski definition) is 2. The zero-order valence-corrected chi connectivity index (χ0v) is 7.38. The van der Waals surface area contributed by atoms with E-state index in [4.69, 9.17) is 0 Å². The lowest BCUT2D eigenvalue weighted by Gasteiger charge is -1.93. The van der Waals surface area contributed by atoms with Gasteiger partial charge in [-0.15, -0.1) is 0 Å². The standard InChI is InChI=1S/C10H8N4/c1-2-6-14-10(3-1)8(7-12-14)9-4-5-11-13-9/h1-7H,(H,11,13). The first kappa shape index (κ1) is 7.32. The van der Waals surface area contributed by atoms with Crippen LogP contribution in [0.2, 0.25) is 0 Å². The molecule has 0 spiro atoms. The largest absolute Gasteiger partial charge is 0.278 e. The van der Waals surface area contributed by atoms with Crippen molar-refractivity contribution in [3.05, 3.63) is 42.9 Å². The van der Waals surface area contributed by atoms with Gasteiger partial charge in [0, 0.05) is 18.0 Å². The highest BCUT2D eigenvalue weighted by Crippen LogP contribution is 2.21.